The predicted octanol–water partition coefficient (Wildman–Crippen LogP) is -0.142. The number of hydrogen-bond acceptors (Lipinski definition) is 4. The van der Waals surface area contributed by atoms with E-state index in [4.69, 9.17) is 0 Å². The average Bonchev–Trinajstić information content (AvgIpc) is 2.12. The Bertz CT molecular complexity index is 404. The summed E-state index contributed by atoms with van der Waals surface area (Å²) in [4.78, 5) is 22.4. The summed E-state index contributed by atoms with van der Waals surface area (Å²) in [6.45, 7) is 0. The van der Waals surface area contributed by atoms with E-state index < -0.39 is 40.4 Å². The second-order valence-electron chi connectivity index (χ2n) is 3.35. The minimum absolute atomic E-state index is 0.0760. The molecule has 0 aromatic carbocycles. The Hall–Kier alpha value is -1.18. The van der Waals surface area contributed by atoms with Gasteiger partial charge in [0.2, 0.25) is 5.91 Å². The maximum Gasteiger partial charge on any atom is 0.415 e. The molecule has 0 bridgehead atoms. The Balaban J connectivity index is 2.48. The lowest BCUT2D eigenvalue weighted by molar-refractivity contribution is -0.302. The van der Waals surface area contributed by atoms with Crippen LogP contribution in [0.15, 0.2) is 11.3 Å². The number of carbonyl (C=O) groups excluding carboxylic acids is 2. The van der Waals surface area contributed by atoms with Crippen LogP contribution in [0.5, 0.6) is 0 Å². The molecule has 0 aromatic rings. The van der Waals surface area contributed by atoms with Gasteiger partial charge in [0.25, 0.3) is 0 Å². The standard InChI is InChI=1S/C8H6F3NO3S/c9-8(10,11)3-2-16-5-1-4(13)12(5)6(3)7(14)15/h5H,1-2H2,(H,14,15)/p-1/t5-/m1/s1. The van der Waals surface area contributed by atoms with Crippen molar-refractivity contribution in [3.63, 3.8) is 0 Å². The Morgan fingerprint density at radius 2 is 2.12 bits per heavy atom. The third-order valence-electron chi connectivity index (χ3n) is 2.39. The normalized spacial score (nSPS) is 25.3. The number of halogens is 3. The maximum absolute atomic E-state index is 12.5. The Kier molecular flexibility index (Phi) is 2.41. The van der Waals surface area contributed by atoms with E-state index in [1.54, 1.807) is 0 Å². The molecule has 0 saturated carbocycles. The van der Waals surface area contributed by atoms with Crippen LogP contribution in [-0.4, -0.2) is 34.1 Å². The van der Waals surface area contributed by atoms with Gasteiger partial charge in [0.15, 0.2) is 0 Å². The Morgan fingerprint density at radius 1 is 1.50 bits per heavy atom. The molecule has 2 heterocycles. The quantitative estimate of drug-likeness (QED) is 0.609. The van der Waals surface area contributed by atoms with Crippen LogP contribution in [0.25, 0.3) is 0 Å². The number of fused-ring (bicyclic) bond motifs is 1. The summed E-state index contributed by atoms with van der Waals surface area (Å²) in [7, 11) is 0. The molecule has 0 unspecified atom stereocenters. The average molecular weight is 252 g/mol. The van der Waals surface area contributed by atoms with Crippen molar-refractivity contribution in [2.75, 3.05) is 5.75 Å². The van der Waals surface area contributed by atoms with Crippen LogP contribution in [0.2, 0.25) is 0 Å². The number of carboxylic acid groups (broad SMARTS) is 1. The zero-order chi connectivity index (χ0) is 12.1. The smallest absolute Gasteiger partial charge is 0.415 e. The van der Waals surface area contributed by atoms with Crippen molar-refractivity contribution in [2.45, 2.75) is 18.0 Å². The number of rotatable bonds is 1. The minimum Gasteiger partial charge on any atom is -0.543 e. The molecule has 2 rings (SSSR count). The summed E-state index contributed by atoms with van der Waals surface area (Å²) < 4.78 is 37.5. The van der Waals surface area contributed by atoms with E-state index in [0.29, 0.717) is 4.90 Å². The lowest BCUT2D eigenvalue weighted by Gasteiger charge is -2.45. The number of β-lactam (4-membered cyclic amide) rings is 1. The maximum atomic E-state index is 12.5. The highest BCUT2D eigenvalue weighted by Gasteiger charge is 2.49. The summed E-state index contributed by atoms with van der Waals surface area (Å²) in [5, 5.41) is 10.2. The second kappa shape index (κ2) is 3.41. The number of carbonyl (C=O) groups is 2. The van der Waals surface area contributed by atoms with Gasteiger partial charge in [0, 0.05) is 5.75 Å². The fraction of sp³-hybridized carbons (Fsp3) is 0.500. The molecule has 8 heteroatoms. The molecule has 1 saturated heterocycles. The molecule has 2 aliphatic heterocycles. The number of amides is 1. The highest BCUT2D eigenvalue weighted by molar-refractivity contribution is 8.00. The van der Waals surface area contributed by atoms with Gasteiger partial charge in [0.05, 0.1) is 29.0 Å². The van der Waals surface area contributed by atoms with Gasteiger partial charge in [-0.3, -0.25) is 9.69 Å². The van der Waals surface area contributed by atoms with Crippen molar-refractivity contribution in [3.8, 4) is 0 Å². The zero-order valence-electron chi connectivity index (χ0n) is 7.71. The zero-order valence-corrected chi connectivity index (χ0v) is 8.52. The van der Waals surface area contributed by atoms with Gasteiger partial charge < -0.3 is 9.90 Å². The van der Waals surface area contributed by atoms with Crippen LogP contribution in [0.3, 0.4) is 0 Å². The van der Waals surface area contributed by atoms with Gasteiger partial charge in [-0.25, -0.2) is 0 Å². The highest BCUT2D eigenvalue weighted by Crippen LogP contribution is 2.44. The fourth-order valence-corrected chi connectivity index (χ4v) is 2.91. The van der Waals surface area contributed by atoms with Crippen LogP contribution in [0, 0.1) is 0 Å². The molecule has 0 aliphatic carbocycles. The predicted molar refractivity (Wildman–Crippen MR) is 45.8 cm³/mol. The molecule has 88 valence electrons. The van der Waals surface area contributed by atoms with Crippen molar-refractivity contribution in [2.24, 2.45) is 0 Å². The molecule has 0 N–H and O–H groups in total. The van der Waals surface area contributed by atoms with Crippen LogP contribution < -0.4 is 5.11 Å². The van der Waals surface area contributed by atoms with Crippen LogP contribution in [-0.2, 0) is 9.59 Å². The van der Waals surface area contributed by atoms with Crippen molar-refractivity contribution in [3.05, 3.63) is 11.3 Å². The van der Waals surface area contributed by atoms with E-state index >= 15 is 0 Å². The third kappa shape index (κ3) is 1.57. The largest absolute Gasteiger partial charge is 0.543 e. The Morgan fingerprint density at radius 3 is 2.56 bits per heavy atom. The first-order valence-corrected chi connectivity index (χ1v) is 5.32. The van der Waals surface area contributed by atoms with E-state index in [1.807, 2.05) is 0 Å². The third-order valence-corrected chi connectivity index (χ3v) is 3.61. The van der Waals surface area contributed by atoms with Crippen molar-refractivity contribution in [1.29, 1.82) is 0 Å². The fourth-order valence-electron chi connectivity index (χ4n) is 1.62. The molecular formula is C8H5F3NO3S-. The monoisotopic (exact) mass is 252 g/mol. The van der Waals surface area contributed by atoms with E-state index in [0.717, 1.165) is 11.8 Å². The highest BCUT2D eigenvalue weighted by atomic mass is 32.2. The Labute approximate surface area is 92.1 Å². The molecule has 16 heavy (non-hydrogen) atoms. The van der Waals surface area contributed by atoms with Gasteiger partial charge in [-0.05, 0) is 0 Å². The second-order valence-corrected chi connectivity index (χ2v) is 4.51. The molecule has 2 aliphatic rings. The minimum atomic E-state index is -4.75. The van der Waals surface area contributed by atoms with Crippen molar-refractivity contribution < 1.29 is 27.9 Å². The molecule has 1 fully saturated rings. The number of nitrogens with zero attached hydrogens (tertiary/aromatic N) is 1. The molecule has 0 aromatic heterocycles. The summed E-state index contributed by atoms with van der Waals surface area (Å²) in [5.41, 5.74) is -2.23. The van der Waals surface area contributed by atoms with E-state index in [2.05, 4.69) is 0 Å². The van der Waals surface area contributed by atoms with Crippen molar-refractivity contribution >= 4 is 23.6 Å². The SMILES string of the molecule is O=C([O-])C1=C(C(F)(F)F)CS[C@@H]2CC(=O)N12. The topological polar surface area (TPSA) is 60.4 Å². The van der Waals surface area contributed by atoms with Crippen LogP contribution in [0.1, 0.15) is 6.42 Å². The first kappa shape index (κ1) is 11.3. The molecule has 1 atom stereocenters. The summed E-state index contributed by atoms with van der Waals surface area (Å²) in [6, 6.07) is 0. The van der Waals surface area contributed by atoms with Crippen LogP contribution in [0.4, 0.5) is 13.2 Å². The molecule has 0 spiro atoms. The number of aliphatic carboxylic acids is 1. The molecular weight excluding hydrogens is 247 g/mol. The first-order valence-electron chi connectivity index (χ1n) is 4.27. The van der Waals surface area contributed by atoms with Gasteiger partial charge in [-0.1, -0.05) is 0 Å². The van der Waals surface area contributed by atoms with Gasteiger partial charge in [-0.2, -0.15) is 13.2 Å². The molecule has 1 amide bonds. The summed E-state index contributed by atoms with van der Waals surface area (Å²) in [5.74, 6) is -3.02. The molecule has 4 nitrogen and oxygen atoms in total. The van der Waals surface area contributed by atoms with E-state index in [9.17, 15) is 27.9 Å². The number of alkyl halides is 3. The first-order chi connectivity index (χ1) is 7.32. The number of thioether (sulfide) groups is 1. The lowest BCUT2D eigenvalue weighted by atomic mass is 10.1. The van der Waals surface area contributed by atoms with Gasteiger partial charge in [-0.15, -0.1) is 11.8 Å². The summed E-state index contributed by atoms with van der Waals surface area (Å²) in [6.07, 6.45) is -4.67. The molecule has 0 radical (unpaired) electrons. The van der Waals surface area contributed by atoms with E-state index in [-0.39, 0.29) is 6.42 Å². The number of hydrogen-bond donors (Lipinski definition) is 0. The lowest BCUT2D eigenvalue weighted by Crippen LogP contribution is -2.56. The number of carboxylic acids is 1. The van der Waals surface area contributed by atoms with E-state index in [1.165, 1.54) is 0 Å². The summed E-state index contributed by atoms with van der Waals surface area (Å²) >= 11 is 0.909. The van der Waals surface area contributed by atoms with Gasteiger partial charge >= 0.3 is 6.18 Å². The van der Waals surface area contributed by atoms with Crippen LogP contribution >= 0.6 is 11.8 Å². The van der Waals surface area contributed by atoms with Crippen molar-refractivity contribution in [1.82, 2.24) is 4.90 Å². The van der Waals surface area contributed by atoms with Gasteiger partial charge in [0.1, 0.15) is 0 Å².